The van der Waals surface area contributed by atoms with Crippen LogP contribution in [0.15, 0.2) is 18.2 Å². The molecule has 1 atom stereocenters. The quantitative estimate of drug-likeness (QED) is 0.792. The first-order valence-electron chi connectivity index (χ1n) is 4.42. The van der Waals surface area contributed by atoms with Gasteiger partial charge in [0.15, 0.2) is 0 Å². The Hall–Kier alpha value is -1.49. The van der Waals surface area contributed by atoms with Crippen molar-refractivity contribution in [2.75, 3.05) is 6.54 Å². The van der Waals surface area contributed by atoms with E-state index in [1.807, 2.05) is 0 Å². The van der Waals surface area contributed by atoms with Crippen molar-refractivity contribution in [1.82, 2.24) is 5.32 Å². The highest BCUT2D eigenvalue weighted by molar-refractivity contribution is 5.94. The van der Waals surface area contributed by atoms with Crippen LogP contribution >= 0.6 is 0 Å². The van der Waals surface area contributed by atoms with Gasteiger partial charge in [0.25, 0.3) is 5.91 Å². The van der Waals surface area contributed by atoms with E-state index in [4.69, 9.17) is 5.11 Å². The summed E-state index contributed by atoms with van der Waals surface area (Å²) in [6.07, 6.45) is -0.731. The Morgan fingerprint density at radius 2 is 2.20 bits per heavy atom. The number of amides is 1. The van der Waals surface area contributed by atoms with Crippen molar-refractivity contribution >= 4 is 5.91 Å². The summed E-state index contributed by atoms with van der Waals surface area (Å²) in [4.78, 5) is 11.3. The Bertz CT molecular complexity index is 366. The van der Waals surface area contributed by atoms with Gasteiger partial charge < -0.3 is 10.4 Å². The van der Waals surface area contributed by atoms with Crippen LogP contribution in [0.3, 0.4) is 0 Å². The predicted molar refractivity (Wildman–Crippen MR) is 50.4 cm³/mol. The topological polar surface area (TPSA) is 49.3 Å². The van der Waals surface area contributed by atoms with Crippen LogP contribution in [0.1, 0.15) is 17.3 Å². The zero-order valence-corrected chi connectivity index (χ0v) is 8.13. The SMILES string of the molecule is C[C@@H](O)CNC(=O)c1cc(F)ccc1F. The van der Waals surface area contributed by atoms with Crippen molar-refractivity contribution in [1.29, 1.82) is 0 Å². The van der Waals surface area contributed by atoms with Crippen LogP contribution in [0.25, 0.3) is 0 Å². The van der Waals surface area contributed by atoms with Crippen LogP contribution < -0.4 is 5.32 Å². The number of nitrogens with one attached hydrogen (secondary N) is 1. The summed E-state index contributed by atoms with van der Waals surface area (Å²) < 4.78 is 25.8. The van der Waals surface area contributed by atoms with Gasteiger partial charge in [-0.3, -0.25) is 4.79 Å². The predicted octanol–water partition coefficient (Wildman–Crippen LogP) is 1.08. The second-order valence-electron chi connectivity index (χ2n) is 3.18. The Morgan fingerprint density at radius 1 is 1.53 bits per heavy atom. The maximum Gasteiger partial charge on any atom is 0.254 e. The van der Waals surface area contributed by atoms with Crippen LogP contribution in [0, 0.1) is 11.6 Å². The molecule has 0 aliphatic carbocycles. The van der Waals surface area contributed by atoms with Gasteiger partial charge >= 0.3 is 0 Å². The summed E-state index contributed by atoms with van der Waals surface area (Å²) in [6, 6.07) is 2.63. The third-order valence-electron chi connectivity index (χ3n) is 1.73. The van der Waals surface area contributed by atoms with E-state index >= 15 is 0 Å². The van der Waals surface area contributed by atoms with Gasteiger partial charge in [0.2, 0.25) is 0 Å². The second-order valence-corrected chi connectivity index (χ2v) is 3.18. The second kappa shape index (κ2) is 4.84. The molecule has 15 heavy (non-hydrogen) atoms. The van der Waals surface area contributed by atoms with Gasteiger partial charge in [-0.1, -0.05) is 0 Å². The normalized spacial score (nSPS) is 12.3. The minimum Gasteiger partial charge on any atom is -0.392 e. The minimum atomic E-state index is -0.792. The van der Waals surface area contributed by atoms with Gasteiger partial charge in [0.05, 0.1) is 11.7 Å². The van der Waals surface area contributed by atoms with E-state index in [2.05, 4.69) is 5.32 Å². The molecule has 0 bridgehead atoms. The summed E-state index contributed by atoms with van der Waals surface area (Å²) in [5.41, 5.74) is -0.365. The number of halogens is 2. The molecule has 3 nitrogen and oxygen atoms in total. The zero-order valence-electron chi connectivity index (χ0n) is 8.13. The number of carbonyl (C=O) groups excluding carboxylic acids is 1. The Morgan fingerprint density at radius 3 is 2.80 bits per heavy atom. The van der Waals surface area contributed by atoms with Crippen LogP contribution in [0.4, 0.5) is 8.78 Å². The molecule has 0 aliphatic heterocycles. The monoisotopic (exact) mass is 215 g/mol. The largest absolute Gasteiger partial charge is 0.392 e. The molecule has 0 unspecified atom stereocenters. The molecule has 0 fully saturated rings. The lowest BCUT2D eigenvalue weighted by Gasteiger charge is -2.07. The fraction of sp³-hybridized carbons (Fsp3) is 0.300. The number of hydrogen-bond acceptors (Lipinski definition) is 2. The van der Waals surface area contributed by atoms with Gasteiger partial charge in [-0.15, -0.1) is 0 Å². The summed E-state index contributed by atoms with van der Waals surface area (Å²) in [6.45, 7) is 1.47. The number of aliphatic hydroxyl groups is 1. The highest BCUT2D eigenvalue weighted by Gasteiger charge is 2.12. The molecule has 0 aliphatic rings. The Kier molecular flexibility index (Phi) is 3.74. The minimum absolute atomic E-state index is 0.00517. The molecular weight excluding hydrogens is 204 g/mol. The molecule has 1 rings (SSSR count). The third kappa shape index (κ3) is 3.28. The Labute approximate surface area is 85.7 Å². The van der Waals surface area contributed by atoms with E-state index in [1.165, 1.54) is 6.92 Å². The van der Waals surface area contributed by atoms with Gasteiger partial charge in [-0.2, -0.15) is 0 Å². The fourth-order valence-electron chi connectivity index (χ4n) is 1.01. The first-order chi connectivity index (χ1) is 7.00. The van der Waals surface area contributed by atoms with Crippen LogP contribution in [-0.2, 0) is 0 Å². The van der Waals surface area contributed by atoms with Crippen molar-refractivity contribution in [3.05, 3.63) is 35.4 Å². The molecule has 0 saturated carbocycles. The maximum absolute atomic E-state index is 13.1. The molecule has 5 heteroatoms. The molecule has 0 radical (unpaired) electrons. The molecule has 1 aromatic carbocycles. The summed E-state index contributed by atoms with van der Waals surface area (Å²) in [5.74, 6) is -2.22. The first kappa shape index (κ1) is 11.6. The smallest absolute Gasteiger partial charge is 0.254 e. The summed E-state index contributed by atoms with van der Waals surface area (Å²) in [5, 5.41) is 11.2. The fourth-order valence-corrected chi connectivity index (χ4v) is 1.01. The molecule has 1 amide bonds. The van der Waals surface area contributed by atoms with Crippen molar-refractivity contribution < 1.29 is 18.7 Å². The first-order valence-corrected chi connectivity index (χ1v) is 4.42. The molecular formula is C10H11F2NO2. The van der Waals surface area contributed by atoms with E-state index in [9.17, 15) is 13.6 Å². The van der Waals surface area contributed by atoms with E-state index < -0.39 is 23.6 Å². The number of aliphatic hydroxyl groups excluding tert-OH is 1. The maximum atomic E-state index is 13.1. The van der Waals surface area contributed by atoms with Crippen molar-refractivity contribution in [2.24, 2.45) is 0 Å². The number of benzene rings is 1. The summed E-state index contributed by atoms with van der Waals surface area (Å²) >= 11 is 0. The number of carbonyl (C=O) groups is 1. The van der Waals surface area contributed by atoms with Gasteiger partial charge in [-0.25, -0.2) is 8.78 Å². The Balaban J connectivity index is 2.77. The highest BCUT2D eigenvalue weighted by Crippen LogP contribution is 2.09. The van der Waals surface area contributed by atoms with E-state index in [1.54, 1.807) is 0 Å². The standard InChI is InChI=1S/C10H11F2NO2/c1-6(14)5-13-10(15)8-4-7(11)2-3-9(8)12/h2-4,6,14H,5H2,1H3,(H,13,15)/t6-/m1/s1. The number of hydrogen-bond donors (Lipinski definition) is 2. The average Bonchev–Trinajstić information content (AvgIpc) is 2.18. The van der Waals surface area contributed by atoms with Crippen LogP contribution in [-0.4, -0.2) is 23.7 Å². The van der Waals surface area contributed by atoms with Crippen LogP contribution in [0.2, 0.25) is 0 Å². The van der Waals surface area contributed by atoms with Crippen LogP contribution in [0.5, 0.6) is 0 Å². The molecule has 82 valence electrons. The summed E-state index contributed by atoms with van der Waals surface area (Å²) in [7, 11) is 0. The van der Waals surface area contributed by atoms with Crippen molar-refractivity contribution in [3.8, 4) is 0 Å². The molecule has 0 spiro atoms. The van der Waals surface area contributed by atoms with E-state index in [0.29, 0.717) is 0 Å². The highest BCUT2D eigenvalue weighted by atomic mass is 19.1. The lowest BCUT2D eigenvalue weighted by molar-refractivity contribution is 0.0919. The van der Waals surface area contributed by atoms with Crippen molar-refractivity contribution in [3.63, 3.8) is 0 Å². The molecule has 0 aromatic heterocycles. The van der Waals surface area contributed by atoms with E-state index in [0.717, 1.165) is 18.2 Å². The zero-order chi connectivity index (χ0) is 11.4. The van der Waals surface area contributed by atoms with Gasteiger partial charge in [-0.05, 0) is 25.1 Å². The molecule has 0 heterocycles. The lowest BCUT2D eigenvalue weighted by Crippen LogP contribution is -2.31. The van der Waals surface area contributed by atoms with Crippen molar-refractivity contribution in [2.45, 2.75) is 13.0 Å². The van der Waals surface area contributed by atoms with Gasteiger partial charge in [0, 0.05) is 6.54 Å². The van der Waals surface area contributed by atoms with Gasteiger partial charge in [0.1, 0.15) is 11.6 Å². The third-order valence-corrected chi connectivity index (χ3v) is 1.73. The lowest BCUT2D eigenvalue weighted by atomic mass is 10.2. The van der Waals surface area contributed by atoms with E-state index in [-0.39, 0.29) is 12.1 Å². The molecule has 1 aromatic rings. The number of rotatable bonds is 3. The molecule has 2 N–H and O–H groups in total. The average molecular weight is 215 g/mol. The molecule has 0 saturated heterocycles.